The highest BCUT2D eigenvalue weighted by Crippen LogP contribution is 2.19. The van der Waals surface area contributed by atoms with E-state index in [0.29, 0.717) is 6.42 Å². The van der Waals surface area contributed by atoms with E-state index in [0.717, 1.165) is 16.5 Å². The number of carboxylic acids is 1. The van der Waals surface area contributed by atoms with E-state index in [4.69, 9.17) is 17.2 Å². The minimum Gasteiger partial charge on any atom is -0.480 e. The number of carbonyl (C=O) groups is 6. The predicted molar refractivity (Wildman–Crippen MR) is 145 cm³/mol. The quantitative estimate of drug-likeness (QED) is 0.123. The number of aromatic amines is 1. The third-order valence-electron chi connectivity index (χ3n) is 6.58. The lowest BCUT2D eigenvalue weighted by Gasteiger charge is -2.28. The van der Waals surface area contributed by atoms with Gasteiger partial charge in [-0.25, -0.2) is 4.79 Å². The lowest BCUT2D eigenvalue weighted by Crippen LogP contribution is -2.59. The summed E-state index contributed by atoms with van der Waals surface area (Å²) in [5.74, 6) is -5.91. The first-order valence-corrected chi connectivity index (χ1v) is 12.8. The molecule has 0 fully saturated rings. The van der Waals surface area contributed by atoms with Crippen LogP contribution >= 0.6 is 0 Å². The third kappa shape index (κ3) is 9.08. The van der Waals surface area contributed by atoms with Gasteiger partial charge >= 0.3 is 5.97 Å². The van der Waals surface area contributed by atoms with E-state index in [2.05, 4.69) is 20.9 Å². The number of carboxylic acid groups (broad SMARTS) is 1. The van der Waals surface area contributed by atoms with Gasteiger partial charge < -0.3 is 43.2 Å². The molecule has 5 amide bonds. The zero-order valence-electron chi connectivity index (χ0n) is 22.4. The van der Waals surface area contributed by atoms with Crippen LogP contribution < -0.4 is 33.2 Å². The maximum atomic E-state index is 13.3. The van der Waals surface area contributed by atoms with Crippen LogP contribution in [0.15, 0.2) is 30.5 Å². The molecule has 2 rings (SSSR count). The number of rotatable bonds is 16. The molecule has 2 aromatic rings. The lowest BCUT2D eigenvalue weighted by atomic mass is 9.96. The third-order valence-corrected chi connectivity index (χ3v) is 6.58. The normalized spacial score (nSPS) is 14.8. The Labute approximate surface area is 230 Å². The molecule has 11 N–H and O–H groups in total. The van der Waals surface area contributed by atoms with Crippen molar-refractivity contribution in [1.82, 2.24) is 20.9 Å². The number of nitrogens with one attached hydrogen (secondary N) is 4. The summed E-state index contributed by atoms with van der Waals surface area (Å²) in [6, 6.07) is 2.41. The van der Waals surface area contributed by atoms with Crippen molar-refractivity contribution < 1.29 is 33.9 Å². The number of fused-ring (bicyclic) bond motifs is 1. The second-order valence-electron chi connectivity index (χ2n) is 9.68. The summed E-state index contributed by atoms with van der Waals surface area (Å²) in [4.78, 5) is 76.3. The Morgan fingerprint density at radius 2 is 1.57 bits per heavy atom. The van der Waals surface area contributed by atoms with Gasteiger partial charge in [-0.05, 0) is 30.4 Å². The highest BCUT2D eigenvalue weighted by Gasteiger charge is 2.33. The number of hydrogen-bond donors (Lipinski definition) is 8. The van der Waals surface area contributed by atoms with E-state index in [-0.39, 0.29) is 25.2 Å². The average Bonchev–Trinajstić information content (AvgIpc) is 3.30. The van der Waals surface area contributed by atoms with Crippen LogP contribution in [0.3, 0.4) is 0 Å². The molecule has 1 aromatic heterocycles. The first kappa shape index (κ1) is 31.8. The smallest absolute Gasteiger partial charge is 0.326 e. The van der Waals surface area contributed by atoms with Gasteiger partial charge in [-0.1, -0.05) is 38.5 Å². The van der Waals surface area contributed by atoms with Crippen molar-refractivity contribution in [3.05, 3.63) is 36.0 Å². The van der Waals surface area contributed by atoms with E-state index in [1.54, 1.807) is 13.1 Å². The van der Waals surface area contributed by atoms with Crippen LogP contribution in [0.4, 0.5) is 0 Å². The minimum atomic E-state index is -1.65. The molecule has 0 aliphatic rings. The van der Waals surface area contributed by atoms with Gasteiger partial charge in [-0.15, -0.1) is 0 Å². The molecule has 0 saturated carbocycles. The number of benzene rings is 1. The molecule has 5 atom stereocenters. The molecule has 5 unspecified atom stereocenters. The Bertz CT molecular complexity index is 1240. The Kier molecular flexibility index (Phi) is 11.6. The molecular formula is C26H37N7O7. The van der Waals surface area contributed by atoms with Crippen molar-refractivity contribution in [3.8, 4) is 0 Å². The van der Waals surface area contributed by atoms with Crippen LogP contribution in [0, 0.1) is 5.92 Å². The minimum absolute atomic E-state index is 0.199. The highest BCUT2D eigenvalue weighted by molar-refractivity contribution is 5.95. The Hall–Kier alpha value is -4.46. The van der Waals surface area contributed by atoms with Gasteiger partial charge in [0, 0.05) is 23.5 Å². The largest absolute Gasteiger partial charge is 0.480 e. The van der Waals surface area contributed by atoms with Gasteiger partial charge in [0.1, 0.15) is 18.1 Å². The number of hydrogen-bond acceptors (Lipinski definition) is 7. The number of H-pyrrole nitrogens is 1. The molecule has 14 nitrogen and oxygen atoms in total. The molecule has 40 heavy (non-hydrogen) atoms. The molecule has 1 aromatic carbocycles. The lowest BCUT2D eigenvalue weighted by molar-refractivity contribution is -0.144. The number of aromatic nitrogens is 1. The van der Waals surface area contributed by atoms with Gasteiger partial charge in [-0.3, -0.25) is 24.0 Å². The molecule has 0 bridgehead atoms. The van der Waals surface area contributed by atoms with E-state index in [1.165, 1.54) is 0 Å². The van der Waals surface area contributed by atoms with Crippen LogP contribution in [0.1, 0.15) is 45.1 Å². The summed E-state index contributed by atoms with van der Waals surface area (Å²) < 4.78 is 0. The van der Waals surface area contributed by atoms with Crippen LogP contribution in [0.25, 0.3) is 10.9 Å². The van der Waals surface area contributed by atoms with E-state index in [9.17, 15) is 33.9 Å². The topological polar surface area (TPSA) is 253 Å². The number of carbonyl (C=O) groups excluding carboxylic acids is 5. The van der Waals surface area contributed by atoms with Gasteiger partial charge in [0.05, 0.1) is 12.5 Å². The molecule has 0 saturated heterocycles. The van der Waals surface area contributed by atoms with E-state index in [1.807, 2.05) is 31.2 Å². The Morgan fingerprint density at radius 1 is 0.925 bits per heavy atom. The van der Waals surface area contributed by atoms with Crippen LogP contribution in [0.5, 0.6) is 0 Å². The average molecular weight is 560 g/mol. The summed E-state index contributed by atoms with van der Waals surface area (Å²) in [5, 5.41) is 17.5. The first-order chi connectivity index (χ1) is 18.8. The fraction of sp³-hybridized carbons (Fsp3) is 0.462. The van der Waals surface area contributed by atoms with Crippen molar-refractivity contribution >= 4 is 46.4 Å². The van der Waals surface area contributed by atoms with Gasteiger partial charge in [0.15, 0.2) is 0 Å². The number of primary amides is 2. The molecule has 0 aliphatic carbocycles. The van der Waals surface area contributed by atoms with Crippen LogP contribution in [-0.4, -0.2) is 69.8 Å². The van der Waals surface area contributed by atoms with Crippen LogP contribution in [0.2, 0.25) is 0 Å². The molecule has 1 heterocycles. The van der Waals surface area contributed by atoms with E-state index >= 15 is 0 Å². The van der Waals surface area contributed by atoms with Gasteiger partial charge in [0.25, 0.3) is 0 Å². The molecular weight excluding hydrogens is 522 g/mol. The second kappa shape index (κ2) is 14.6. The number of para-hydroxylation sites is 1. The maximum absolute atomic E-state index is 13.3. The molecule has 14 heteroatoms. The zero-order valence-corrected chi connectivity index (χ0v) is 22.4. The first-order valence-electron chi connectivity index (χ1n) is 12.8. The van der Waals surface area contributed by atoms with Crippen molar-refractivity contribution in [2.45, 2.75) is 70.1 Å². The van der Waals surface area contributed by atoms with Gasteiger partial charge in [-0.2, -0.15) is 0 Å². The molecule has 218 valence electrons. The molecule has 0 aliphatic heterocycles. The predicted octanol–water partition coefficient (Wildman–Crippen LogP) is -1.24. The van der Waals surface area contributed by atoms with E-state index < -0.39 is 66.1 Å². The van der Waals surface area contributed by atoms with Crippen molar-refractivity contribution in [2.75, 3.05) is 0 Å². The fourth-order valence-electron chi connectivity index (χ4n) is 4.08. The van der Waals surface area contributed by atoms with Gasteiger partial charge in [0.2, 0.25) is 29.5 Å². The molecule has 0 spiro atoms. The summed E-state index contributed by atoms with van der Waals surface area (Å²) in [6.45, 7) is 3.53. The second-order valence-corrected chi connectivity index (χ2v) is 9.68. The van der Waals surface area contributed by atoms with Crippen LogP contribution in [-0.2, 0) is 35.2 Å². The Balaban J connectivity index is 2.17. The highest BCUT2D eigenvalue weighted by atomic mass is 16.4. The summed E-state index contributed by atoms with van der Waals surface area (Å²) >= 11 is 0. The monoisotopic (exact) mass is 559 g/mol. The maximum Gasteiger partial charge on any atom is 0.326 e. The number of aliphatic carboxylic acids is 1. The Morgan fingerprint density at radius 3 is 2.17 bits per heavy atom. The number of amides is 5. The zero-order chi connectivity index (χ0) is 30.0. The van der Waals surface area contributed by atoms with Crippen molar-refractivity contribution in [3.63, 3.8) is 0 Å². The van der Waals surface area contributed by atoms with Crippen molar-refractivity contribution in [2.24, 2.45) is 23.1 Å². The summed E-state index contributed by atoms with van der Waals surface area (Å²) in [7, 11) is 0. The summed E-state index contributed by atoms with van der Waals surface area (Å²) in [6.07, 6.45) is 1.20. The molecule has 0 radical (unpaired) electrons. The number of nitrogens with two attached hydrogens (primary N) is 3. The van der Waals surface area contributed by atoms with Crippen molar-refractivity contribution in [1.29, 1.82) is 0 Å². The standard InChI is InChI=1S/C26H37N7O7/c1-3-13(2)22(33-23(36)16(27)10-14-12-30-17-7-5-4-6-15(14)17)25(38)31-18(8-9-20(28)34)24(37)32-19(26(39)40)11-21(29)35/h4-7,12-13,16,18-19,22,30H,3,8-11,27H2,1-2H3,(H2,28,34)(H2,29,35)(H,31,38)(H,32,37)(H,33,36)(H,39,40). The SMILES string of the molecule is CCC(C)C(NC(=O)C(N)Cc1c[nH]c2ccccc12)C(=O)NC(CCC(N)=O)C(=O)NC(CC(N)=O)C(=O)O. The fourth-order valence-corrected chi connectivity index (χ4v) is 4.08. The summed E-state index contributed by atoms with van der Waals surface area (Å²) in [5.41, 5.74) is 18.1.